The van der Waals surface area contributed by atoms with Crippen molar-refractivity contribution in [3.05, 3.63) is 77.2 Å². The average molecular weight is 433 g/mol. The molecule has 5 heterocycles. The van der Waals surface area contributed by atoms with Crippen LogP contribution in [0.2, 0.25) is 5.02 Å². The SMILES string of the molecule is CCc1ncc(CN2CCCC(c3cccc(-c4cnc5ccc(Cl)cn45)n3)C2)cn1. The van der Waals surface area contributed by atoms with Crippen LogP contribution in [0.1, 0.15) is 42.8 Å². The molecule has 0 amide bonds. The number of imidazole rings is 1. The Morgan fingerprint density at radius 3 is 2.77 bits per heavy atom. The van der Waals surface area contributed by atoms with Gasteiger partial charge in [0.2, 0.25) is 0 Å². The molecule has 31 heavy (non-hydrogen) atoms. The molecule has 158 valence electrons. The van der Waals surface area contributed by atoms with Crippen molar-refractivity contribution in [1.29, 1.82) is 0 Å². The lowest BCUT2D eigenvalue weighted by molar-refractivity contribution is 0.198. The van der Waals surface area contributed by atoms with E-state index in [1.54, 1.807) is 0 Å². The molecular weight excluding hydrogens is 408 g/mol. The molecule has 0 N–H and O–H groups in total. The summed E-state index contributed by atoms with van der Waals surface area (Å²) in [7, 11) is 0. The maximum absolute atomic E-state index is 6.20. The van der Waals surface area contributed by atoms with E-state index in [9.17, 15) is 0 Å². The number of piperidine rings is 1. The number of aromatic nitrogens is 5. The van der Waals surface area contributed by atoms with Crippen molar-refractivity contribution in [2.75, 3.05) is 13.1 Å². The van der Waals surface area contributed by atoms with E-state index in [-0.39, 0.29) is 0 Å². The zero-order chi connectivity index (χ0) is 21.2. The van der Waals surface area contributed by atoms with Crippen LogP contribution in [0.4, 0.5) is 0 Å². The third-order valence-corrected chi connectivity index (χ3v) is 6.13. The van der Waals surface area contributed by atoms with Gasteiger partial charge < -0.3 is 0 Å². The number of fused-ring (bicyclic) bond motifs is 1. The molecule has 0 saturated carbocycles. The van der Waals surface area contributed by atoms with E-state index in [1.807, 2.05) is 47.4 Å². The smallest absolute Gasteiger partial charge is 0.137 e. The molecule has 1 aliphatic heterocycles. The van der Waals surface area contributed by atoms with Crippen LogP contribution in [0.15, 0.2) is 55.1 Å². The van der Waals surface area contributed by atoms with Crippen LogP contribution >= 0.6 is 11.6 Å². The Morgan fingerprint density at radius 1 is 1.06 bits per heavy atom. The summed E-state index contributed by atoms with van der Waals surface area (Å²) in [5, 5.41) is 0.682. The Labute approximate surface area is 187 Å². The predicted octanol–water partition coefficient (Wildman–Crippen LogP) is 4.78. The van der Waals surface area contributed by atoms with Gasteiger partial charge in [-0.15, -0.1) is 0 Å². The summed E-state index contributed by atoms with van der Waals surface area (Å²) in [6.07, 6.45) is 10.9. The minimum Gasteiger partial charge on any atom is -0.298 e. The summed E-state index contributed by atoms with van der Waals surface area (Å²) in [5.74, 6) is 1.31. The van der Waals surface area contributed by atoms with Crippen molar-refractivity contribution < 1.29 is 0 Å². The Balaban J connectivity index is 1.35. The van der Waals surface area contributed by atoms with Crippen LogP contribution in [0, 0.1) is 0 Å². The number of halogens is 1. The predicted molar refractivity (Wildman–Crippen MR) is 122 cm³/mol. The Kier molecular flexibility index (Phi) is 5.66. The van der Waals surface area contributed by atoms with Gasteiger partial charge in [0.25, 0.3) is 0 Å². The lowest BCUT2D eigenvalue weighted by atomic mass is 9.94. The van der Waals surface area contributed by atoms with Crippen molar-refractivity contribution in [2.24, 2.45) is 0 Å². The maximum Gasteiger partial charge on any atom is 0.137 e. The van der Waals surface area contributed by atoms with Crippen molar-refractivity contribution in [3.8, 4) is 11.4 Å². The van der Waals surface area contributed by atoms with Crippen molar-refractivity contribution in [3.63, 3.8) is 0 Å². The molecule has 1 aliphatic rings. The minimum atomic E-state index is 0.410. The number of rotatable bonds is 5. The topological polar surface area (TPSA) is 59.2 Å². The first-order valence-corrected chi connectivity index (χ1v) is 11.2. The molecule has 5 rings (SSSR count). The van der Waals surface area contributed by atoms with Gasteiger partial charge in [-0.2, -0.15) is 0 Å². The summed E-state index contributed by atoms with van der Waals surface area (Å²) in [6, 6.07) is 10.1. The second-order valence-electron chi connectivity index (χ2n) is 8.10. The van der Waals surface area contributed by atoms with Gasteiger partial charge in [-0.3, -0.25) is 14.3 Å². The van der Waals surface area contributed by atoms with Gasteiger partial charge in [0, 0.05) is 55.3 Å². The highest BCUT2D eigenvalue weighted by Crippen LogP contribution is 2.29. The fourth-order valence-electron chi connectivity index (χ4n) is 4.31. The van der Waals surface area contributed by atoms with E-state index in [0.717, 1.165) is 67.5 Å². The summed E-state index contributed by atoms with van der Waals surface area (Å²) in [4.78, 5) is 20.9. The van der Waals surface area contributed by atoms with Crippen LogP contribution in [0.25, 0.3) is 17.0 Å². The summed E-state index contributed by atoms with van der Waals surface area (Å²) < 4.78 is 2.00. The standard InChI is InChI=1S/C24H25ClN6/c1-2-23-26-11-17(12-27-23)14-30-10-4-5-18(15-30)20-6-3-7-21(29-20)22-13-28-24-9-8-19(25)16-31(22)24/h3,6-9,11-13,16,18H,2,4-5,10,14-15H2,1H3. The van der Waals surface area contributed by atoms with Gasteiger partial charge >= 0.3 is 0 Å². The highest BCUT2D eigenvalue weighted by Gasteiger charge is 2.23. The van der Waals surface area contributed by atoms with Crippen LogP contribution in [0.3, 0.4) is 0 Å². The summed E-state index contributed by atoms with van der Waals surface area (Å²) in [5.41, 5.74) is 5.05. The Morgan fingerprint density at radius 2 is 1.94 bits per heavy atom. The zero-order valence-electron chi connectivity index (χ0n) is 17.6. The highest BCUT2D eigenvalue weighted by atomic mass is 35.5. The molecule has 0 radical (unpaired) electrons. The van der Waals surface area contributed by atoms with E-state index < -0.39 is 0 Å². The van der Waals surface area contributed by atoms with Gasteiger partial charge in [-0.1, -0.05) is 24.6 Å². The van der Waals surface area contributed by atoms with Crippen molar-refractivity contribution in [2.45, 2.75) is 38.6 Å². The Bertz CT molecular complexity index is 1190. The molecule has 6 nitrogen and oxygen atoms in total. The molecule has 1 fully saturated rings. The fourth-order valence-corrected chi connectivity index (χ4v) is 4.47. The fraction of sp³-hybridized carbons (Fsp3) is 0.333. The van der Waals surface area contributed by atoms with Gasteiger partial charge in [0.15, 0.2) is 0 Å². The van der Waals surface area contributed by atoms with Crippen LogP contribution in [-0.2, 0) is 13.0 Å². The second-order valence-corrected chi connectivity index (χ2v) is 8.54. The van der Waals surface area contributed by atoms with E-state index in [4.69, 9.17) is 16.6 Å². The average Bonchev–Trinajstić information content (AvgIpc) is 3.23. The monoisotopic (exact) mass is 432 g/mol. The lowest BCUT2D eigenvalue weighted by Gasteiger charge is -2.32. The molecule has 0 spiro atoms. The number of hydrogen-bond donors (Lipinski definition) is 0. The number of nitrogens with zero attached hydrogens (tertiary/aromatic N) is 6. The van der Waals surface area contributed by atoms with E-state index in [1.165, 1.54) is 5.56 Å². The van der Waals surface area contributed by atoms with Crippen LogP contribution in [-0.4, -0.2) is 42.3 Å². The third kappa shape index (κ3) is 4.31. The van der Waals surface area contributed by atoms with Crippen molar-refractivity contribution in [1.82, 2.24) is 29.2 Å². The minimum absolute atomic E-state index is 0.410. The van der Waals surface area contributed by atoms with E-state index >= 15 is 0 Å². The molecule has 0 bridgehead atoms. The lowest BCUT2D eigenvalue weighted by Crippen LogP contribution is -2.34. The molecule has 0 aliphatic carbocycles. The third-order valence-electron chi connectivity index (χ3n) is 5.91. The number of hydrogen-bond acceptors (Lipinski definition) is 5. The van der Waals surface area contributed by atoms with Gasteiger partial charge in [-0.25, -0.2) is 15.0 Å². The highest BCUT2D eigenvalue weighted by molar-refractivity contribution is 6.30. The largest absolute Gasteiger partial charge is 0.298 e. The number of pyridine rings is 2. The molecule has 0 aromatic carbocycles. The second kappa shape index (κ2) is 8.73. The number of aryl methyl sites for hydroxylation is 1. The maximum atomic E-state index is 6.20. The normalized spacial score (nSPS) is 17.3. The summed E-state index contributed by atoms with van der Waals surface area (Å²) in [6.45, 7) is 5.04. The molecule has 1 unspecified atom stereocenters. The molecular formula is C24H25ClN6. The number of likely N-dealkylation sites (tertiary alicyclic amines) is 1. The molecule has 1 atom stereocenters. The van der Waals surface area contributed by atoms with Crippen LogP contribution < -0.4 is 0 Å². The van der Waals surface area contributed by atoms with E-state index in [2.05, 4.69) is 38.9 Å². The van der Waals surface area contributed by atoms with E-state index in [0.29, 0.717) is 10.9 Å². The van der Waals surface area contributed by atoms with Gasteiger partial charge in [0.05, 0.1) is 22.6 Å². The first-order valence-electron chi connectivity index (χ1n) is 10.8. The van der Waals surface area contributed by atoms with Gasteiger partial charge in [-0.05, 0) is 43.7 Å². The molecule has 4 aromatic rings. The zero-order valence-corrected chi connectivity index (χ0v) is 18.3. The van der Waals surface area contributed by atoms with Crippen LogP contribution in [0.5, 0.6) is 0 Å². The molecule has 1 saturated heterocycles. The summed E-state index contributed by atoms with van der Waals surface area (Å²) >= 11 is 6.20. The first-order chi connectivity index (χ1) is 15.2. The van der Waals surface area contributed by atoms with Gasteiger partial charge in [0.1, 0.15) is 11.5 Å². The Hall–Kier alpha value is -2.83. The molecule has 4 aromatic heterocycles. The quantitative estimate of drug-likeness (QED) is 0.454. The first kappa shape index (κ1) is 20.1. The van der Waals surface area contributed by atoms with Crippen molar-refractivity contribution >= 4 is 17.2 Å². The molecule has 7 heteroatoms.